The summed E-state index contributed by atoms with van der Waals surface area (Å²) in [6.45, 7) is 3.09. The Bertz CT molecular complexity index is 542. The van der Waals surface area contributed by atoms with Crippen LogP contribution in [0.2, 0.25) is 0 Å². The van der Waals surface area contributed by atoms with Crippen molar-refractivity contribution in [3.05, 3.63) is 16.1 Å². The van der Waals surface area contributed by atoms with Gasteiger partial charge in [0.2, 0.25) is 10.0 Å². The van der Waals surface area contributed by atoms with Crippen molar-refractivity contribution in [2.75, 3.05) is 19.3 Å². The first-order valence-electron chi connectivity index (χ1n) is 6.89. The van der Waals surface area contributed by atoms with Gasteiger partial charge in [0.1, 0.15) is 0 Å². The van der Waals surface area contributed by atoms with E-state index < -0.39 is 16.1 Å². The Balaban J connectivity index is 1.86. The van der Waals surface area contributed by atoms with Crippen molar-refractivity contribution in [1.29, 1.82) is 0 Å². The molecule has 2 unspecified atom stereocenters. The molecule has 1 aliphatic rings. The zero-order chi connectivity index (χ0) is 14.8. The van der Waals surface area contributed by atoms with Crippen LogP contribution in [0.5, 0.6) is 0 Å². The fourth-order valence-electron chi connectivity index (χ4n) is 2.73. The van der Waals surface area contributed by atoms with E-state index >= 15 is 0 Å². The summed E-state index contributed by atoms with van der Waals surface area (Å²) in [7, 11) is -3.11. The second kappa shape index (κ2) is 6.51. The van der Waals surface area contributed by atoms with Gasteiger partial charge in [0.25, 0.3) is 0 Å². The van der Waals surface area contributed by atoms with Crippen molar-refractivity contribution in [3.63, 3.8) is 0 Å². The standard InChI is InChI=1S/C13H22N2O3S2/c1-10-14-12(9-19-10)7-13(16)6-11-4-3-5-15(8-11)20(2,17)18/h9,11,13,16H,3-8H2,1-2H3. The third kappa shape index (κ3) is 4.51. The van der Waals surface area contributed by atoms with Gasteiger partial charge in [0.05, 0.1) is 23.1 Å². The number of hydrogen-bond acceptors (Lipinski definition) is 5. The van der Waals surface area contributed by atoms with Crippen molar-refractivity contribution in [2.45, 2.75) is 38.7 Å². The summed E-state index contributed by atoms with van der Waals surface area (Å²) in [6.07, 6.45) is 3.87. The molecule has 0 saturated carbocycles. The Labute approximate surface area is 124 Å². The van der Waals surface area contributed by atoms with Crippen molar-refractivity contribution < 1.29 is 13.5 Å². The van der Waals surface area contributed by atoms with E-state index in [1.807, 2.05) is 12.3 Å². The number of thiazole rings is 1. The molecular weight excluding hydrogens is 296 g/mol. The summed E-state index contributed by atoms with van der Waals surface area (Å²) >= 11 is 1.59. The van der Waals surface area contributed by atoms with Crippen molar-refractivity contribution >= 4 is 21.4 Å². The smallest absolute Gasteiger partial charge is 0.211 e. The lowest BCUT2D eigenvalue weighted by atomic mass is 9.92. The molecule has 0 aromatic carbocycles. The summed E-state index contributed by atoms with van der Waals surface area (Å²) in [5.74, 6) is 0.244. The fourth-order valence-corrected chi connectivity index (χ4v) is 4.30. The molecule has 1 saturated heterocycles. The molecule has 1 aliphatic heterocycles. The van der Waals surface area contributed by atoms with Gasteiger partial charge in [-0.3, -0.25) is 0 Å². The molecule has 0 bridgehead atoms. The third-order valence-electron chi connectivity index (χ3n) is 3.67. The molecule has 7 heteroatoms. The zero-order valence-electron chi connectivity index (χ0n) is 11.9. The van der Waals surface area contributed by atoms with E-state index in [0.717, 1.165) is 23.5 Å². The minimum absolute atomic E-state index is 0.244. The summed E-state index contributed by atoms with van der Waals surface area (Å²) in [6, 6.07) is 0. The maximum Gasteiger partial charge on any atom is 0.211 e. The van der Waals surface area contributed by atoms with Crippen LogP contribution in [0, 0.1) is 12.8 Å². The number of nitrogens with zero attached hydrogens (tertiary/aromatic N) is 2. The van der Waals surface area contributed by atoms with Gasteiger partial charge in [0.15, 0.2) is 0 Å². The highest BCUT2D eigenvalue weighted by Crippen LogP contribution is 2.24. The van der Waals surface area contributed by atoms with E-state index in [0.29, 0.717) is 25.9 Å². The molecule has 1 aromatic rings. The number of aliphatic hydroxyl groups excluding tert-OH is 1. The number of aromatic nitrogens is 1. The van der Waals surface area contributed by atoms with E-state index in [9.17, 15) is 13.5 Å². The highest BCUT2D eigenvalue weighted by molar-refractivity contribution is 7.88. The van der Waals surface area contributed by atoms with Crippen LogP contribution in [0.25, 0.3) is 0 Å². The predicted molar refractivity (Wildman–Crippen MR) is 80.3 cm³/mol. The van der Waals surface area contributed by atoms with Gasteiger partial charge in [-0.1, -0.05) is 0 Å². The van der Waals surface area contributed by atoms with Crippen LogP contribution in [0.4, 0.5) is 0 Å². The largest absolute Gasteiger partial charge is 0.393 e. The average molecular weight is 318 g/mol. The highest BCUT2D eigenvalue weighted by Gasteiger charge is 2.27. The predicted octanol–water partition coefficient (Wildman–Crippen LogP) is 1.42. The summed E-state index contributed by atoms with van der Waals surface area (Å²) < 4.78 is 24.7. The highest BCUT2D eigenvalue weighted by atomic mass is 32.2. The van der Waals surface area contributed by atoms with Gasteiger partial charge >= 0.3 is 0 Å². The van der Waals surface area contributed by atoms with Crippen LogP contribution < -0.4 is 0 Å². The van der Waals surface area contributed by atoms with Crippen molar-refractivity contribution in [1.82, 2.24) is 9.29 Å². The molecular formula is C13H22N2O3S2. The fraction of sp³-hybridized carbons (Fsp3) is 0.769. The molecule has 20 heavy (non-hydrogen) atoms. The van der Waals surface area contributed by atoms with Crippen molar-refractivity contribution in [3.8, 4) is 0 Å². The molecule has 5 nitrogen and oxygen atoms in total. The molecule has 0 spiro atoms. The minimum atomic E-state index is -3.11. The van der Waals surface area contributed by atoms with E-state index in [2.05, 4.69) is 4.98 Å². The summed E-state index contributed by atoms with van der Waals surface area (Å²) in [5.41, 5.74) is 0.927. The maximum atomic E-state index is 11.6. The molecule has 0 aliphatic carbocycles. The first kappa shape index (κ1) is 15.9. The minimum Gasteiger partial charge on any atom is -0.393 e. The monoisotopic (exact) mass is 318 g/mol. The Morgan fingerprint density at radius 1 is 1.60 bits per heavy atom. The van der Waals surface area contributed by atoms with Gasteiger partial charge in [-0.15, -0.1) is 11.3 Å². The summed E-state index contributed by atoms with van der Waals surface area (Å²) in [5, 5.41) is 13.1. The van der Waals surface area contributed by atoms with Gasteiger partial charge in [-0.25, -0.2) is 17.7 Å². The molecule has 1 N–H and O–H groups in total. The molecule has 2 atom stereocenters. The van der Waals surface area contributed by atoms with Crippen LogP contribution in [0.15, 0.2) is 5.38 Å². The first-order valence-corrected chi connectivity index (χ1v) is 9.61. The van der Waals surface area contributed by atoms with Gasteiger partial charge in [-0.05, 0) is 32.1 Å². The van der Waals surface area contributed by atoms with Gasteiger partial charge in [0, 0.05) is 24.9 Å². The number of piperidine rings is 1. The molecule has 1 fully saturated rings. The number of hydrogen-bond donors (Lipinski definition) is 1. The number of aliphatic hydroxyl groups is 1. The normalized spacial score (nSPS) is 22.9. The second-order valence-corrected chi connectivity index (χ2v) is 8.63. The lowest BCUT2D eigenvalue weighted by molar-refractivity contribution is 0.121. The quantitative estimate of drug-likeness (QED) is 0.891. The molecule has 1 aromatic heterocycles. The topological polar surface area (TPSA) is 70.5 Å². The van der Waals surface area contributed by atoms with Crippen LogP contribution >= 0.6 is 11.3 Å². The van der Waals surface area contributed by atoms with Crippen LogP contribution in [0.3, 0.4) is 0 Å². The SMILES string of the molecule is Cc1nc(CC(O)CC2CCCN(S(C)(=O)=O)C2)cs1. The number of rotatable bonds is 5. The first-order chi connectivity index (χ1) is 9.34. The van der Waals surface area contributed by atoms with Crippen LogP contribution in [0.1, 0.15) is 30.0 Å². The Kier molecular flexibility index (Phi) is 5.17. The molecule has 2 rings (SSSR count). The third-order valence-corrected chi connectivity index (χ3v) is 5.76. The van der Waals surface area contributed by atoms with E-state index in [4.69, 9.17) is 0 Å². The van der Waals surface area contributed by atoms with E-state index in [1.54, 1.807) is 11.3 Å². The number of sulfonamides is 1. The zero-order valence-corrected chi connectivity index (χ0v) is 13.6. The molecule has 0 radical (unpaired) electrons. The Hall–Kier alpha value is -0.500. The Morgan fingerprint density at radius 2 is 2.35 bits per heavy atom. The lowest BCUT2D eigenvalue weighted by Crippen LogP contribution is -2.40. The molecule has 114 valence electrons. The van der Waals surface area contributed by atoms with Crippen molar-refractivity contribution in [2.24, 2.45) is 5.92 Å². The second-order valence-electron chi connectivity index (χ2n) is 5.58. The van der Waals surface area contributed by atoms with Gasteiger partial charge in [-0.2, -0.15) is 0 Å². The number of aryl methyl sites for hydroxylation is 1. The van der Waals surface area contributed by atoms with Crippen LogP contribution in [-0.4, -0.2) is 48.3 Å². The molecule has 2 heterocycles. The maximum absolute atomic E-state index is 11.6. The van der Waals surface area contributed by atoms with E-state index in [-0.39, 0.29) is 5.92 Å². The van der Waals surface area contributed by atoms with Crippen LogP contribution in [-0.2, 0) is 16.4 Å². The Morgan fingerprint density at radius 3 is 2.95 bits per heavy atom. The average Bonchev–Trinajstić information content (AvgIpc) is 2.73. The van der Waals surface area contributed by atoms with Gasteiger partial charge < -0.3 is 5.11 Å². The lowest BCUT2D eigenvalue weighted by Gasteiger charge is -2.31. The molecule has 0 amide bonds. The van der Waals surface area contributed by atoms with E-state index in [1.165, 1.54) is 10.6 Å². The summed E-state index contributed by atoms with van der Waals surface area (Å²) in [4.78, 5) is 4.35.